The fraction of sp³-hybridized carbons (Fsp3) is 0.150. The molecule has 0 spiro atoms. The molecule has 0 fully saturated rings. The van der Waals surface area contributed by atoms with Crippen molar-refractivity contribution in [1.82, 2.24) is 5.16 Å². The van der Waals surface area contributed by atoms with Gasteiger partial charge < -0.3 is 19.9 Å². The maximum absolute atomic E-state index is 12.4. The van der Waals surface area contributed by atoms with Gasteiger partial charge in [-0.15, -0.1) is 0 Å². The van der Waals surface area contributed by atoms with Gasteiger partial charge in [0, 0.05) is 29.3 Å². The Morgan fingerprint density at radius 3 is 2.54 bits per heavy atom. The van der Waals surface area contributed by atoms with Gasteiger partial charge in [-0.2, -0.15) is 0 Å². The summed E-state index contributed by atoms with van der Waals surface area (Å²) in [5, 5.41) is 9.99. The van der Waals surface area contributed by atoms with E-state index in [2.05, 4.69) is 15.8 Å². The van der Waals surface area contributed by atoms with Gasteiger partial charge in [-0.1, -0.05) is 16.8 Å². The van der Waals surface area contributed by atoms with Crippen LogP contribution in [0.2, 0.25) is 5.02 Å². The highest BCUT2D eigenvalue weighted by molar-refractivity contribution is 6.30. The predicted molar refractivity (Wildman–Crippen MR) is 107 cm³/mol. The van der Waals surface area contributed by atoms with Crippen molar-refractivity contribution in [3.8, 4) is 17.1 Å². The fourth-order valence-corrected chi connectivity index (χ4v) is 2.72. The zero-order valence-electron chi connectivity index (χ0n) is 15.3. The Labute approximate surface area is 166 Å². The van der Waals surface area contributed by atoms with Crippen LogP contribution >= 0.6 is 11.6 Å². The Hall–Kier alpha value is -3.32. The number of aromatic nitrogens is 1. The molecule has 0 aliphatic heterocycles. The van der Waals surface area contributed by atoms with Gasteiger partial charge in [0.2, 0.25) is 11.8 Å². The summed E-state index contributed by atoms with van der Waals surface area (Å²) in [6.45, 7) is 1.41. The molecule has 0 bridgehead atoms. The number of benzene rings is 2. The van der Waals surface area contributed by atoms with E-state index in [4.69, 9.17) is 20.9 Å². The van der Waals surface area contributed by atoms with Crippen molar-refractivity contribution in [2.45, 2.75) is 13.3 Å². The summed E-state index contributed by atoms with van der Waals surface area (Å²) < 4.78 is 10.6. The van der Waals surface area contributed by atoms with Crippen molar-refractivity contribution in [3.63, 3.8) is 0 Å². The molecule has 3 aromatic rings. The highest BCUT2D eigenvalue weighted by atomic mass is 35.5. The normalized spacial score (nSPS) is 10.4. The van der Waals surface area contributed by atoms with Gasteiger partial charge in [0.25, 0.3) is 0 Å². The van der Waals surface area contributed by atoms with Crippen molar-refractivity contribution in [1.29, 1.82) is 0 Å². The summed E-state index contributed by atoms with van der Waals surface area (Å²) in [6.07, 6.45) is 0.0185. The second-order valence-electron chi connectivity index (χ2n) is 6.01. The van der Waals surface area contributed by atoms with Crippen LogP contribution in [0.3, 0.4) is 0 Å². The number of nitrogens with zero attached hydrogens (tertiary/aromatic N) is 1. The Bertz CT molecular complexity index is 999. The smallest absolute Gasteiger partial charge is 0.230 e. The zero-order chi connectivity index (χ0) is 20.1. The first-order valence-electron chi connectivity index (χ1n) is 8.41. The number of anilines is 2. The number of hydrogen-bond donors (Lipinski definition) is 2. The average molecular weight is 400 g/mol. The quantitative estimate of drug-likeness (QED) is 0.649. The number of nitrogens with one attached hydrogen (secondary N) is 2. The van der Waals surface area contributed by atoms with E-state index in [9.17, 15) is 9.59 Å². The summed E-state index contributed by atoms with van der Waals surface area (Å²) in [5.41, 5.74) is 2.29. The Morgan fingerprint density at radius 2 is 1.86 bits per heavy atom. The molecular formula is C20H18ClN3O4. The second-order valence-corrected chi connectivity index (χ2v) is 6.45. The van der Waals surface area contributed by atoms with Gasteiger partial charge in [0.1, 0.15) is 5.75 Å². The monoisotopic (exact) mass is 399 g/mol. The van der Waals surface area contributed by atoms with Gasteiger partial charge >= 0.3 is 0 Å². The Kier molecular flexibility index (Phi) is 5.96. The number of halogens is 1. The number of hydrogen-bond acceptors (Lipinski definition) is 5. The molecule has 0 aliphatic rings. The molecule has 3 rings (SSSR count). The minimum absolute atomic E-state index is 0.0185. The third-order valence-corrected chi connectivity index (χ3v) is 4.08. The molecule has 7 nitrogen and oxygen atoms in total. The first-order valence-corrected chi connectivity index (χ1v) is 8.79. The SMILES string of the molecule is COc1ccc(NC(C)=O)cc1NC(=O)Cc1cc(-c2ccc(Cl)cc2)on1. The molecule has 1 heterocycles. The third kappa shape index (κ3) is 4.89. The zero-order valence-corrected chi connectivity index (χ0v) is 16.0. The van der Waals surface area contributed by atoms with Crippen LogP contribution in [0, 0.1) is 0 Å². The van der Waals surface area contributed by atoms with Crippen LogP contribution in [0.4, 0.5) is 11.4 Å². The van der Waals surface area contributed by atoms with Crippen molar-refractivity contribution >= 4 is 34.8 Å². The van der Waals surface area contributed by atoms with Gasteiger partial charge in [-0.05, 0) is 42.5 Å². The number of carbonyl (C=O) groups excluding carboxylic acids is 2. The molecule has 0 unspecified atom stereocenters. The topological polar surface area (TPSA) is 93.5 Å². The van der Waals surface area contributed by atoms with Gasteiger partial charge in [-0.25, -0.2) is 0 Å². The molecule has 0 aliphatic carbocycles. The van der Waals surface area contributed by atoms with Gasteiger partial charge in [0.05, 0.1) is 24.9 Å². The summed E-state index contributed by atoms with van der Waals surface area (Å²) in [4.78, 5) is 23.6. The van der Waals surface area contributed by atoms with Gasteiger partial charge in [-0.3, -0.25) is 9.59 Å². The summed E-state index contributed by atoms with van der Waals surface area (Å²) in [5.74, 6) is 0.517. The molecule has 2 amide bonds. The first-order chi connectivity index (χ1) is 13.4. The number of carbonyl (C=O) groups is 2. The maximum Gasteiger partial charge on any atom is 0.230 e. The Balaban J connectivity index is 1.70. The third-order valence-electron chi connectivity index (χ3n) is 3.82. The summed E-state index contributed by atoms with van der Waals surface area (Å²) >= 11 is 5.88. The lowest BCUT2D eigenvalue weighted by Crippen LogP contribution is -2.15. The molecule has 0 radical (unpaired) electrons. The highest BCUT2D eigenvalue weighted by Gasteiger charge is 2.13. The molecule has 0 saturated heterocycles. The van der Waals surface area contributed by atoms with E-state index in [1.54, 1.807) is 36.4 Å². The molecule has 28 heavy (non-hydrogen) atoms. The Morgan fingerprint density at radius 1 is 1.11 bits per heavy atom. The van der Waals surface area contributed by atoms with Gasteiger partial charge in [0.15, 0.2) is 5.76 Å². The van der Waals surface area contributed by atoms with E-state index < -0.39 is 0 Å². The molecule has 2 aromatic carbocycles. The second kappa shape index (κ2) is 8.58. The molecule has 0 saturated carbocycles. The standard InChI is InChI=1S/C20H18ClN3O4/c1-12(25)22-15-7-8-18(27-2)17(9-15)23-20(26)11-16-10-19(28-24-16)13-3-5-14(21)6-4-13/h3-10H,11H2,1-2H3,(H,22,25)(H,23,26). The molecule has 2 N–H and O–H groups in total. The van der Waals surface area contributed by atoms with Crippen LogP contribution in [0.15, 0.2) is 53.1 Å². The molecule has 1 aromatic heterocycles. The predicted octanol–water partition coefficient (Wildman–Crippen LogP) is 4.14. The molecule has 144 valence electrons. The summed E-state index contributed by atoms with van der Waals surface area (Å²) in [7, 11) is 1.50. The van der Waals surface area contributed by atoms with Crippen LogP contribution in [0.5, 0.6) is 5.75 Å². The van der Waals surface area contributed by atoms with E-state index in [1.165, 1.54) is 14.0 Å². The van der Waals surface area contributed by atoms with E-state index >= 15 is 0 Å². The highest BCUT2D eigenvalue weighted by Crippen LogP contribution is 2.28. The van der Waals surface area contributed by atoms with Crippen molar-refractivity contribution in [2.24, 2.45) is 0 Å². The average Bonchev–Trinajstić information content (AvgIpc) is 3.10. The lowest BCUT2D eigenvalue weighted by atomic mass is 10.1. The number of rotatable bonds is 6. The van der Waals surface area contributed by atoms with Crippen LogP contribution < -0.4 is 15.4 Å². The van der Waals surface area contributed by atoms with Crippen molar-refractivity contribution < 1.29 is 18.8 Å². The van der Waals surface area contributed by atoms with E-state index in [0.29, 0.717) is 33.6 Å². The first kappa shape index (κ1) is 19.4. The number of methoxy groups -OCH3 is 1. The fourth-order valence-electron chi connectivity index (χ4n) is 2.59. The van der Waals surface area contributed by atoms with E-state index in [1.807, 2.05) is 12.1 Å². The lowest BCUT2D eigenvalue weighted by molar-refractivity contribution is -0.116. The molecule has 0 atom stereocenters. The van der Waals surface area contributed by atoms with Crippen LogP contribution in [-0.4, -0.2) is 24.1 Å². The minimum atomic E-state index is -0.297. The van der Waals surface area contributed by atoms with Crippen molar-refractivity contribution in [3.05, 3.63) is 59.2 Å². The van der Waals surface area contributed by atoms with Crippen LogP contribution in [-0.2, 0) is 16.0 Å². The molecule has 8 heteroatoms. The van der Waals surface area contributed by atoms with Crippen LogP contribution in [0.1, 0.15) is 12.6 Å². The minimum Gasteiger partial charge on any atom is -0.495 e. The van der Waals surface area contributed by atoms with Crippen LogP contribution in [0.25, 0.3) is 11.3 Å². The maximum atomic E-state index is 12.4. The lowest BCUT2D eigenvalue weighted by Gasteiger charge is -2.12. The molecular weight excluding hydrogens is 382 g/mol. The number of ether oxygens (including phenoxy) is 1. The summed E-state index contributed by atoms with van der Waals surface area (Å²) in [6, 6.07) is 13.8. The van der Waals surface area contributed by atoms with E-state index in [0.717, 1.165) is 5.56 Å². The van der Waals surface area contributed by atoms with E-state index in [-0.39, 0.29) is 18.2 Å². The largest absolute Gasteiger partial charge is 0.495 e. The number of amides is 2. The van der Waals surface area contributed by atoms with Crippen molar-refractivity contribution in [2.75, 3.05) is 17.7 Å².